The highest BCUT2D eigenvalue weighted by molar-refractivity contribution is 7.99. The summed E-state index contributed by atoms with van der Waals surface area (Å²) in [7, 11) is 1.71. The van der Waals surface area contributed by atoms with Crippen LogP contribution in [-0.4, -0.2) is 24.7 Å². The van der Waals surface area contributed by atoms with E-state index in [0.717, 1.165) is 5.75 Å². The number of hydrogen-bond donors (Lipinski definition) is 1. The first-order valence-electron chi connectivity index (χ1n) is 5.77. The van der Waals surface area contributed by atoms with E-state index >= 15 is 0 Å². The van der Waals surface area contributed by atoms with Crippen LogP contribution < -0.4 is 10.1 Å². The largest absolute Gasteiger partial charge is 0.497 e. The zero-order chi connectivity index (χ0) is 11.4. The molecule has 1 fully saturated rings. The van der Waals surface area contributed by atoms with Gasteiger partial charge in [0, 0.05) is 17.8 Å². The summed E-state index contributed by atoms with van der Waals surface area (Å²) in [6, 6.07) is 9.38. The fraction of sp³-hybridized carbons (Fsp3) is 0.538. The molecule has 1 aliphatic rings. The van der Waals surface area contributed by atoms with Gasteiger partial charge in [-0.15, -0.1) is 0 Å². The van der Waals surface area contributed by atoms with Gasteiger partial charge in [0.25, 0.3) is 0 Å². The Balaban J connectivity index is 1.98. The van der Waals surface area contributed by atoms with Crippen LogP contribution in [0, 0.1) is 0 Å². The summed E-state index contributed by atoms with van der Waals surface area (Å²) in [6.07, 6.45) is 1.29. The van der Waals surface area contributed by atoms with E-state index in [9.17, 15) is 0 Å². The topological polar surface area (TPSA) is 21.3 Å². The van der Waals surface area contributed by atoms with Crippen LogP contribution in [0.25, 0.3) is 0 Å². The van der Waals surface area contributed by atoms with Gasteiger partial charge in [-0.25, -0.2) is 0 Å². The summed E-state index contributed by atoms with van der Waals surface area (Å²) in [5.41, 5.74) is 1.30. The van der Waals surface area contributed by atoms with Crippen LogP contribution in [0.3, 0.4) is 0 Å². The second kappa shape index (κ2) is 5.60. The van der Waals surface area contributed by atoms with Gasteiger partial charge in [0.15, 0.2) is 0 Å². The highest BCUT2D eigenvalue weighted by Crippen LogP contribution is 2.23. The van der Waals surface area contributed by atoms with Crippen molar-refractivity contribution in [2.75, 3.05) is 18.6 Å². The minimum atomic E-state index is 0.402. The van der Waals surface area contributed by atoms with Crippen LogP contribution in [0.15, 0.2) is 24.3 Å². The number of rotatable bonds is 4. The Hall–Kier alpha value is -0.670. The molecule has 0 aromatic heterocycles. The third-order valence-electron chi connectivity index (χ3n) is 3.01. The lowest BCUT2D eigenvalue weighted by atomic mass is 10.1. The number of thioether (sulfide) groups is 1. The van der Waals surface area contributed by atoms with E-state index in [4.69, 9.17) is 4.74 Å². The van der Waals surface area contributed by atoms with Gasteiger partial charge < -0.3 is 10.1 Å². The average Bonchev–Trinajstić information content (AvgIpc) is 2.82. The molecule has 0 radical (unpaired) electrons. The predicted molar refractivity (Wildman–Crippen MR) is 70.3 cm³/mol. The van der Waals surface area contributed by atoms with Crippen LogP contribution >= 0.6 is 11.8 Å². The van der Waals surface area contributed by atoms with E-state index in [1.165, 1.54) is 23.5 Å². The molecule has 2 atom stereocenters. The SMILES string of the molecule is COc1cccc(C(C)NC2CCSC2)c1. The highest BCUT2D eigenvalue weighted by atomic mass is 32.2. The first-order valence-corrected chi connectivity index (χ1v) is 6.93. The molecule has 0 saturated carbocycles. The lowest BCUT2D eigenvalue weighted by Gasteiger charge is -2.19. The molecule has 88 valence electrons. The van der Waals surface area contributed by atoms with Gasteiger partial charge >= 0.3 is 0 Å². The lowest BCUT2D eigenvalue weighted by Crippen LogP contribution is -2.31. The van der Waals surface area contributed by atoms with Gasteiger partial charge in [-0.3, -0.25) is 0 Å². The smallest absolute Gasteiger partial charge is 0.119 e. The number of nitrogens with one attached hydrogen (secondary N) is 1. The molecule has 1 aromatic rings. The third-order valence-corrected chi connectivity index (χ3v) is 4.17. The van der Waals surface area contributed by atoms with Crippen molar-refractivity contribution in [3.05, 3.63) is 29.8 Å². The molecule has 1 heterocycles. The van der Waals surface area contributed by atoms with Gasteiger partial charge in [0.2, 0.25) is 0 Å². The number of benzene rings is 1. The number of methoxy groups -OCH3 is 1. The summed E-state index contributed by atoms with van der Waals surface area (Å²) in [5.74, 6) is 3.48. The van der Waals surface area contributed by atoms with E-state index in [2.05, 4.69) is 30.4 Å². The second-order valence-corrected chi connectivity index (χ2v) is 5.38. The lowest BCUT2D eigenvalue weighted by molar-refractivity contribution is 0.412. The predicted octanol–water partition coefficient (Wildman–Crippen LogP) is 2.85. The Morgan fingerprint density at radius 3 is 3.06 bits per heavy atom. The Kier molecular flexibility index (Phi) is 4.13. The Labute approximate surface area is 102 Å². The first kappa shape index (κ1) is 11.8. The maximum absolute atomic E-state index is 5.24. The molecule has 1 aliphatic heterocycles. The van der Waals surface area contributed by atoms with Crippen molar-refractivity contribution in [3.63, 3.8) is 0 Å². The zero-order valence-electron chi connectivity index (χ0n) is 9.90. The Morgan fingerprint density at radius 2 is 2.38 bits per heavy atom. The summed E-state index contributed by atoms with van der Waals surface area (Å²) in [5, 5.41) is 3.67. The van der Waals surface area contributed by atoms with Crippen molar-refractivity contribution < 1.29 is 4.74 Å². The first-order chi connectivity index (χ1) is 7.79. The molecule has 0 amide bonds. The van der Waals surface area contributed by atoms with Gasteiger partial charge in [-0.1, -0.05) is 12.1 Å². The monoisotopic (exact) mass is 237 g/mol. The molecule has 1 N–H and O–H groups in total. The number of hydrogen-bond acceptors (Lipinski definition) is 3. The van der Waals surface area contributed by atoms with Crippen LogP contribution in [0.2, 0.25) is 0 Å². The molecule has 2 unspecified atom stereocenters. The van der Waals surface area contributed by atoms with E-state index in [0.29, 0.717) is 12.1 Å². The molecule has 2 rings (SSSR count). The minimum absolute atomic E-state index is 0.402. The van der Waals surface area contributed by atoms with Gasteiger partial charge in [0.1, 0.15) is 5.75 Å². The number of ether oxygens (including phenoxy) is 1. The highest BCUT2D eigenvalue weighted by Gasteiger charge is 2.17. The molecule has 16 heavy (non-hydrogen) atoms. The molecular weight excluding hydrogens is 218 g/mol. The maximum atomic E-state index is 5.24. The summed E-state index contributed by atoms with van der Waals surface area (Å²) in [4.78, 5) is 0. The van der Waals surface area contributed by atoms with Gasteiger partial charge in [-0.2, -0.15) is 11.8 Å². The second-order valence-electron chi connectivity index (χ2n) is 4.23. The fourth-order valence-electron chi connectivity index (χ4n) is 2.03. The van der Waals surface area contributed by atoms with Gasteiger partial charge in [0.05, 0.1) is 7.11 Å². The molecule has 1 aromatic carbocycles. The van der Waals surface area contributed by atoms with Crippen LogP contribution in [0.1, 0.15) is 24.9 Å². The summed E-state index contributed by atoms with van der Waals surface area (Å²) in [6.45, 7) is 2.22. The van der Waals surface area contributed by atoms with Crippen molar-refractivity contribution in [3.8, 4) is 5.75 Å². The standard InChI is InChI=1S/C13H19NOS/c1-10(14-12-6-7-16-9-12)11-4-3-5-13(8-11)15-2/h3-5,8,10,12,14H,6-7,9H2,1-2H3. The van der Waals surface area contributed by atoms with E-state index in [1.807, 2.05) is 17.8 Å². The van der Waals surface area contributed by atoms with Gasteiger partial charge in [-0.05, 0) is 36.8 Å². The molecule has 0 aliphatic carbocycles. The summed E-state index contributed by atoms with van der Waals surface area (Å²) >= 11 is 2.04. The normalized spacial score (nSPS) is 22.0. The molecule has 2 nitrogen and oxygen atoms in total. The van der Waals surface area contributed by atoms with E-state index in [-0.39, 0.29) is 0 Å². The third kappa shape index (κ3) is 2.92. The minimum Gasteiger partial charge on any atom is -0.497 e. The molecule has 1 saturated heterocycles. The van der Waals surface area contributed by atoms with Crippen molar-refractivity contribution >= 4 is 11.8 Å². The van der Waals surface area contributed by atoms with Crippen molar-refractivity contribution in [1.29, 1.82) is 0 Å². The quantitative estimate of drug-likeness (QED) is 0.870. The van der Waals surface area contributed by atoms with Crippen LogP contribution in [0.4, 0.5) is 0 Å². The van der Waals surface area contributed by atoms with E-state index < -0.39 is 0 Å². The summed E-state index contributed by atoms with van der Waals surface area (Å²) < 4.78 is 5.24. The van der Waals surface area contributed by atoms with Crippen molar-refractivity contribution in [2.24, 2.45) is 0 Å². The molecular formula is C13H19NOS. The van der Waals surface area contributed by atoms with Crippen molar-refractivity contribution in [1.82, 2.24) is 5.32 Å². The van der Waals surface area contributed by atoms with E-state index in [1.54, 1.807) is 7.11 Å². The maximum Gasteiger partial charge on any atom is 0.119 e. The fourth-order valence-corrected chi connectivity index (χ4v) is 3.19. The molecule has 3 heteroatoms. The zero-order valence-corrected chi connectivity index (χ0v) is 10.7. The Morgan fingerprint density at radius 1 is 1.50 bits per heavy atom. The van der Waals surface area contributed by atoms with Crippen molar-refractivity contribution in [2.45, 2.75) is 25.4 Å². The average molecular weight is 237 g/mol. The van der Waals surface area contributed by atoms with Crippen LogP contribution in [0.5, 0.6) is 5.75 Å². The van der Waals surface area contributed by atoms with Crippen LogP contribution in [-0.2, 0) is 0 Å². The molecule has 0 bridgehead atoms. The Bertz CT molecular complexity index is 336. The molecule has 0 spiro atoms.